The zero-order valence-electron chi connectivity index (χ0n) is 11.5. The second kappa shape index (κ2) is 5.29. The van der Waals surface area contributed by atoms with Crippen molar-refractivity contribution in [1.82, 2.24) is 5.32 Å². The maximum atomic E-state index is 10.1. The lowest BCUT2D eigenvalue weighted by Gasteiger charge is -2.28. The molecule has 0 bridgehead atoms. The monoisotopic (exact) mass is 249 g/mol. The van der Waals surface area contributed by atoms with Crippen LogP contribution >= 0.6 is 0 Å². The Kier molecular flexibility index (Phi) is 3.93. The summed E-state index contributed by atoms with van der Waals surface area (Å²) in [7, 11) is 0. The first-order valence-electron chi connectivity index (χ1n) is 6.67. The Labute approximate surface area is 109 Å². The van der Waals surface area contributed by atoms with Crippen LogP contribution in [0.3, 0.4) is 0 Å². The number of nitrogens with one attached hydrogen (secondary N) is 1. The van der Waals surface area contributed by atoms with Gasteiger partial charge in [-0.3, -0.25) is 0 Å². The van der Waals surface area contributed by atoms with Crippen LogP contribution in [0.25, 0.3) is 0 Å². The molecule has 2 N–H and O–H groups in total. The Morgan fingerprint density at radius 1 is 1.44 bits per heavy atom. The molecule has 0 aliphatic carbocycles. The van der Waals surface area contributed by atoms with E-state index in [1.807, 2.05) is 26.8 Å². The fourth-order valence-electron chi connectivity index (χ4n) is 2.01. The van der Waals surface area contributed by atoms with E-state index >= 15 is 0 Å². The summed E-state index contributed by atoms with van der Waals surface area (Å²) in [5, 5.41) is 13.5. The molecule has 1 aromatic carbocycles. The van der Waals surface area contributed by atoms with Crippen LogP contribution in [-0.4, -0.2) is 23.9 Å². The highest BCUT2D eigenvalue weighted by Gasteiger charge is 2.24. The summed E-state index contributed by atoms with van der Waals surface area (Å²) in [5.74, 6) is 1.27. The van der Waals surface area contributed by atoms with Crippen LogP contribution < -0.4 is 10.1 Å². The third-order valence-electron chi connectivity index (χ3n) is 3.81. The van der Waals surface area contributed by atoms with Gasteiger partial charge in [-0.2, -0.15) is 0 Å². The molecule has 1 aliphatic heterocycles. The predicted octanol–water partition coefficient (Wildman–Crippen LogP) is 2.12. The van der Waals surface area contributed by atoms with Crippen molar-refractivity contribution in [1.29, 1.82) is 0 Å². The summed E-state index contributed by atoms with van der Waals surface area (Å²) < 4.78 is 5.48. The van der Waals surface area contributed by atoms with E-state index in [0.717, 1.165) is 25.3 Å². The average Bonchev–Trinajstić information content (AvgIpc) is 2.75. The van der Waals surface area contributed by atoms with Crippen molar-refractivity contribution < 1.29 is 9.84 Å². The molecule has 1 aliphatic rings. The predicted molar refractivity (Wildman–Crippen MR) is 72.8 cm³/mol. The van der Waals surface area contributed by atoms with Crippen LogP contribution in [0.5, 0.6) is 5.75 Å². The van der Waals surface area contributed by atoms with E-state index in [2.05, 4.69) is 17.4 Å². The molecule has 0 saturated heterocycles. The quantitative estimate of drug-likeness (QED) is 0.840. The molecule has 0 spiro atoms. The zero-order valence-corrected chi connectivity index (χ0v) is 11.5. The molecule has 1 heterocycles. The molecule has 0 saturated carbocycles. The Morgan fingerprint density at radius 2 is 2.22 bits per heavy atom. The van der Waals surface area contributed by atoms with E-state index in [0.29, 0.717) is 6.54 Å². The van der Waals surface area contributed by atoms with Crippen molar-refractivity contribution in [3.05, 3.63) is 29.3 Å². The van der Waals surface area contributed by atoms with Gasteiger partial charge in [0.25, 0.3) is 0 Å². The van der Waals surface area contributed by atoms with Gasteiger partial charge in [0.15, 0.2) is 0 Å². The summed E-state index contributed by atoms with van der Waals surface area (Å²) in [6, 6.07) is 6.32. The highest BCUT2D eigenvalue weighted by Crippen LogP contribution is 2.25. The van der Waals surface area contributed by atoms with Crippen molar-refractivity contribution in [3.8, 4) is 5.75 Å². The van der Waals surface area contributed by atoms with Crippen molar-refractivity contribution in [3.63, 3.8) is 0 Å². The van der Waals surface area contributed by atoms with Gasteiger partial charge in [0, 0.05) is 19.5 Å². The SMILES string of the molecule is CC(C)C(C)(O)CNCc1ccc2c(c1)CCO2. The highest BCUT2D eigenvalue weighted by atomic mass is 16.5. The highest BCUT2D eigenvalue weighted by molar-refractivity contribution is 5.39. The Hall–Kier alpha value is -1.06. The lowest BCUT2D eigenvalue weighted by Crippen LogP contribution is -2.41. The van der Waals surface area contributed by atoms with Gasteiger partial charge >= 0.3 is 0 Å². The summed E-state index contributed by atoms with van der Waals surface area (Å²) >= 11 is 0. The maximum Gasteiger partial charge on any atom is 0.122 e. The van der Waals surface area contributed by atoms with E-state index in [-0.39, 0.29) is 5.92 Å². The van der Waals surface area contributed by atoms with Gasteiger partial charge in [0.1, 0.15) is 5.75 Å². The molecular formula is C15H23NO2. The lowest BCUT2D eigenvalue weighted by atomic mass is 9.92. The number of ether oxygens (including phenoxy) is 1. The normalized spacial score (nSPS) is 17.4. The van der Waals surface area contributed by atoms with Crippen LogP contribution in [0, 0.1) is 5.92 Å². The molecule has 2 rings (SSSR count). The molecule has 0 amide bonds. The minimum absolute atomic E-state index is 0.249. The van der Waals surface area contributed by atoms with Crippen molar-refractivity contribution in [2.45, 2.75) is 39.3 Å². The van der Waals surface area contributed by atoms with Crippen molar-refractivity contribution >= 4 is 0 Å². The molecule has 0 radical (unpaired) electrons. The molecular weight excluding hydrogens is 226 g/mol. The Balaban J connectivity index is 1.87. The summed E-state index contributed by atoms with van der Waals surface area (Å²) in [5.41, 5.74) is 1.89. The van der Waals surface area contributed by atoms with Gasteiger partial charge in [-0.1, -0.05) is 26.0 Å². The zero-order chi connectivity index (χ0) is 13.2. The first-order valence-corrected chi connectivity index (χ1v) is 6.67. The number of hydrogen-bond donors (Lipinski definition) is 2. The van der Waals surface area contributed by atoms with E-state index in [9.17, 15) is 5.11 Å². The van der Waals surface area contributed by atoms with Crippen LogP contribution in [0.15, 0.2) is 18.2 Å². The van der Waals surface area contributed by atoms with Gasteiger partial charge in [0.2, 0.25) is 0 Å². The van der Waals surface area contributed by atoms with Gasteiger partial charge in [-0.05, 0) is 30.0 Å². The summed E-state index contributed by atoms with van der Waals surface area (Å²) in [4.78, 5) is 0. The minimum Gasteiger partial charge on any atom is -0.493 e. The third kappa shape index (κ3) is 3.03. The maximum absolute atomic E-state index is 10.1. The number of aliphatic hydroxyl groups is 1. The van der Waals surface area contributed by atoms with Crippen molar-refractivity contribution in [2.75, 3.05) is 13.2 Å². The van der Waals surface area contributed by atoms with Crippen LogP contribution in [0.1, 0.15) is 31.9 Å². The largest absolute Gasteiger partial charge is 0.493 e. The second-order valence-electron chi connectivity index (χ2n) is 5.66. The summed E-state index contributed by atoms with van der Waals surface area (Å²) in [6.45, 7) is 8.15. The van der Waals surface area contributed by atoms with E-state index in [4.69, 9.17) is 4.74 Å². The minimum atomic E-state index is -0.653. The second-order valence-corrected chi connectivity index (χ2v) is 5.66. The Bertz CT molecular complexity index is 413. The lowest BCUT2D eigenvalue weighted by molar-refractivity contribution is 0.0140. The topological polar surface area (TPSA) is 41.5 Å². The fraction of sp³-hybridized carbons (Fsp3) is 0.600. The molecule has 1 aromatic rings. The van der Waals surface area contributed by atoms with Gasteiger partial charge in [-0.25, -0.2) is 0 Å². The first-order chi connectivity index (χ1) is 8.49. The van der Waals surface area contributed by atoms with E-state index in [1.54, 1.807) is 0 Å². The number of rotatable bonds is 5. The molecule has 3 heteroatoms. The molecule has 1 atom stereocenters. The van der Waals surface area contributed by atoms with Crippen LogP contribution in [-0.2, 0) is 13.0 Å². The molecule has 1 unspecified atom stereocenters. The van der Waals surface area contributed by atoms with Gasteiger partial charge < -0.3 is 15.2 Å². The number of benzene rings is 1. The third-order valence-corrected chi connectivity index (χ3v) is 3.81. The fourth-order valence-corrected chi connectivity index (χ4v) is 2.01. The molecule has 0 fully saturated rings. The first kappa shape index (κ1) is 13.4. The van der Waals surface area contributed by atoms with Gasteiger partial charge in [0.05, 0.1) is 12.2 Å². The number of fused-ring (bicyclic) bond motifs is 1. The summed E-state index contributed by atoms with van der Waals surface area (Å²) in [6.07, 6.45) is 1.01. The standard InChI is InChI=1S/C15H23NO2/c1-11(2)15(3,17)10-16-9-12-4-5-14-13(8-12)6-7-18-14/h4-5,8,11,16-17H,6-7,9-10H2,1-3H3. The van der Waals surface area contributed by atoms with E-state index < -0.39 is 5.60 Å². The van der Waals surface area contributed by atoms with Crippen LogP contribution in [0.2, 0.25) is 0 Å². The number of hydrogen-bond acceptors (Lipinski definition) is 3. The molecule has 0 aromatic heterocycles. The smallest absolute Gasteiger partial charge is 0.122 e. The van der Waals surface area contributed by atoms with E-state index in [1.165, 1.54) is 11.1 Å². The Morgan fingerprint density at radius 3 is 2.94 bits per heavy atom. The van der Waals surface area contributed by atoms with Crippen molar-refractivity contribution in [2.24, 2.45) is 5.92 Å². The molecule has 3 nitrogen and oxygen atoms in total. The van der Waals surface area contributed by atoms with Gasteiger partial charge in [-0.15, -0.1) is 0 Å². The average molecular weight is 249 g/mol. The molecule has 100 valence electrons. The van der Waals surface area contributed by atoms with Crippen LogP contribution in [0.4, 0.5) is 0 Å². The molecule has 18 heavy (non-hydrogen) atoms.